The highest BCUT2D eigenvalue weighted by molar-refractivity contribution is 7.13. The van der Waals surface area contributed by atoms with Crippen molar-refractivity contribution in [3.05, 3.63) is 45.5 Å². The van der Waals surface area contributed by atoms with Crippen molar-refractivity contribution in [2.75, 3.05) is 33.4 Å². The van der Waals surface area contributed by atoms with Crippen molar-refractivity contribution in [3.8, 4) is 10.6 Å². The van der Waals surface area contributed by atoms with Crippen LogP contribution in [-0.2, 0) is 4.74 Å². The van der Waals surface area contributed by atoms with Crippen molar-refractivity contribution in [2.45, 2.75) is 0 Å². The van der Waals surface area contributed by atoms with Gasteiger partial charge in [-0.05, 0) is 0 Å². The molecule has 136 valence electrons. The number of nitrogens with one attached hydrogen (secondary N) is 2. The molecule has 0 unspecified atom stereocenters. The zero-order chi connectivity index (χ0) is 17.4. The van der Waals surface area contributed by atoms with E-state index < -0.39 is 4.92 Å². The summed E-state index contributed by atoms with van der Waals surface area (Å²) >= 11 is 1.28. The maximum Gasteiger partial charge on any atom is 0.270 e. The maximum absolute atomic E-state index is 12.0. The second-order valence-electron chi connectivity index (χ2n) is 4.84. The van der Waals surface area contributed by atoms with E-state index in [-0.39, 0.29) is 24.0 Å². The molecule has 25 heavy (non-hydrogen) atoms. The molecule has 0 spiro atoms. The van der Waals surface area contributed by atoms with E-state index in [0.29, 0.717) is 36.0 Å². The Morgan fingerprint density at radius 2 is 2.16 bits per heavy atom. The van der Waals surface area contributed by atoms with Crippen LogP contribution in [0.1, 0.15) is 10.5 Å². The fourth-order valence-corrected chi connectivity index (χ4v) is 2.71. The van der Waals surface area contributed by atoms with Crippen LogP contribution in [0.2, 0.25) is 0 Å². The van der Waals surface area contributed by atoms with E-state index >= 15 is 0 Å². The smallest absolute Gasteiger partial charge is 0.270 e. The van der Waals surface area contributed by atoms with E-state index in [9.17, 15) is 14.9 Å². The van der Waals surface area contributed by atoms with Crippen LogP contribution in [-0.4, -0.2) is 49.2 Å². The van der Waals surface area contributed by atoms with Crippen molar-refractivity contribution in [3.63, 3.8) is 0 Å². The summed E-state index contributed by atoms with van der Waals surface area (Å²) in [4.78, 5) is 26.6. The molecule has 0 saturated heterocycles. The fourth-order valence-electron chi connectivity index (χ4n) is 1.92. The summed E-state index contributed by atoms with van der Waals surface area (Å²) < 4.78 is 4.91. The Morgan fingerprint density at radius 3 is 2.88 bits per heavy atom. The van der Waals surface area contributed by atoms with E-state index in [4.69, 9.17) is 4.74 Å². The van der Waals surface area contributed by atoms with Crippen LogP contribution in [0, 0.1) is 10.1 Å². The predicted molar refractivity (Wildman–Crippen MR) is 98.5 cm³/mol. The third kappa shape index (κ3) is 6.39. The Balaban J connectivity index is 0.00000312. The van der Waals surface area contributed by atoms with Crippen molar-refractivity contribution >= 4 is 35.3 Å². The van der Waals surface area contributed by atoms with E-state index in [2.05, 4.69) is 15.6 Å². The number of carbonyl (C=O) groups is 1. The SMILES string of the molecule is COCCNCCNC(=O)c1csc(-c2cccc([N+](=O)[O-])c2)n1.Cl. The number of hydrogen-bond acceptors (Lipinski definition) is 7. The number of ether oxygens (including phenoxy) is 1. The molecule has 0 aliphatic carbocycles. The lowest BCUT2D eigenvalue weighted by molar-refractivity contribution is -0.384. The van der Waals surface area contributed by atoms with E-state index in [1.54, 1.807) is 24.6 Å². The van der Waals surface area contributed by atoms with Gasteiger partial charge in [-0.1, -0.05) is 12.1 Å². The van der Waals surface area contributed by atoms with Crippen molar-refractivity contribution in [1.82, 2.24) is 15.6 Å². The minimum absolute atomic E-state index is 0. The fraction of sp³-hybridized carbons (Fsp3) is 0.333. The molecule has 2 N–H and O–H groups in total. The number of amides is 1. The number of nitrogens with zero attached hydrogens (tertiary/aromatic N) is 2. The number of methoxy groups -OCH3 is 1. The number of nitro groups is 1. The molecular formula is C15H19ClN4O4S. The summed E-state index contributed by atoms with van der Waals surface area (Å²) in [7, 11) is 1.63. The normalized spacial score (nSPS) is 10.1. The number of hydrogen-bond donors (Lipinski definition) is 2. The Kier molecular flexibility index (Phi) is 9.00. The van der Waals surface area contributed by atoms with Gasteiger partial charge in [-0.15, -0.1) is 23.7 Å². The van der Waals surface area contributed by atoms with Gasteiger partial charge in [-0.3, -0.25) is 14.9 Å². The number of aromatic nitrogens is 1. The number of nitro benzene ring substituents is 1. The molecule has 2 aromatic rings. The van der Waals surface area contributed by atoms with E-state index in [0.717, 1.165) is 6.54 Å². The van der Waals surface area contributed by atoms with Gasteiger partial charge in [0.05, 0.1) is 11.5 Å². The average molecular weight is 387 g/mol. The van der Waals surface area contributed by atoms with Crippen LogP contribution < -0.4 is 10.6 Å². The quantitative estimate of drug-likeness (QED) is 0.388. The number of carbonyl (C=O) groups excluding carboxylic acids is 1. The molecule has 2 rings (SSSR count). The van der Waals surface area contributed by atoms with Gasteiger partial charge in [0.25, 0.3) is 11.6 Å². The molecule has 1 aromatic carbocycles. The first kappa shape index (κ1) is 21.0. The second kappa shape index (κ2) is 10.7. The molecule has 10 heteroatoms. The van der Waals surface area contributed by atoms with Gasteiger partial charge in [0.1, 0.15) is 10.7 Å². The lowest BCUT2D eigenvalue weighted by Crippen LogP contribution is -2.33. The third-order valence-corrected chi connectivity index (χ3v) is 4.00. The Bertz CT molecular complexity index is 710. The predicted octanol–water partition coefficient (Wildman–Crippen LogP) is 2.11. The number of rotatable bonds is 9. The minimum Gasteiger partial charge on any atom is -0.383 e. The van der Waals surface area contributed by atoms with Crippen LogP contribution in [0.3, 0.4) is 0 Å². The highest BCUT2D eigenvalue weighted by Gasteiger charge is 2.13. The second-order valence-corrected chi connectivity index (χ2v) is 5.70. The largest absolute Gasteiger partial charge is 0.383 e. The Morgan fingerprint density at radius 1 is 1.36 bits per heavy atom. The number of thiazole rings is 1. The number of benzene rings is 1. The van der Waals surface area contributed by atoms with Crippen LogP contribution in [0.25, 0.3) is 10.6 Å². The van der Waals surface area contributed by atoms with Crippen molar-refractivity contribution in [2.24, 2.45) is 0 Å². The summed E-state index contributed by atoms with van der Waals surface area (Å²) in [5.74, 6) is -0.267. The summed E-state index contributed by atoms with van der Waals surface area (Å²) in [5, 5.41) is 18.9. The average Bonchev–Trinajstić information content (AvgIpc) is 3.08. The number of non-ortho nitro benzene ring substituents is 1. The molecule has 8 nitrogen and oxygen atoms in total. The zero-order valence-electron chi connectivity index (χ0n) is 13.6. The molecule has 1 heterocycles. The van der Waals surface area contributed by atoms with Gasteiger partial charge >= 0.3 is 0 Å². The van der Waals surface area contributed by atoms with Gasteiger partial charge in [-0.25, -0.2) is 4.98 Å². The summed E-state index contributed by atoms with van der Waals surface area (Å²) in [5.41, 5.74) is 0.920. The van der Waals surface area contributed by atoms with Gasteiger partial charge in [0.2, 0.25) is 0 Å². The first-order valence-electron chi connectivity index (χ1n) is 7.30. The molecule has 0 saturated carbocycles. The van der Waals surface area contributed by atoms with Gasteiger partial charge < -0.3 is 15.4 Å². The molecule has 0 aliphatic rings. The highest BCUT2D eigenvalue weighted by atomic mass is 35.5. The van der Waals surface area contributed by atoms with E-state index in [1.807, 2.05) is 0 Å². The topological polar surface area (TPSA) is 106 Å². The van der Waals surface area contributed by atoms with Crippen molar-refractivity contribution < 1.29 is 14.5 Å². The van der Waals surface area contributed by atoms with Gasteiger partial charge in [-0.2, -0.15) is 0 Å². The summed E-state index contributed by atoms with van der Waals surface area (Å²) in [6.45, 7) is 2.45. The lowest BCUT2D eigenvalue weighted by atomic mass is 10.2. The molecule has 1 aromatic heterocycles. The first-order chi connectivity index (χ1) is 11.6. The Labute approximate surface area is 155 Å². The Hall–Kier alpha value is -2.07. The highest BCUT2D eigenvalue weighted by Crippen LogP contribution is 2.26. The van der Waals surface area contributed by atoms with Gasteiger partial charge in [0.15, 0.2) is 0 Å². The first-order valence-corrected chi connectivity index (χ1v) is 8.18. The van der Waals surface area contributed by atoms with Gasteiger partial charge in [0, 0.05) is 49.8 Å². The zero-order valence-corrected chi connectivity index (χ0v) is 15.2. The lowest BCUT2D eigenvalue weighted by Gasteiger charge is -2.05. The standard InChI is InChI=1S/C15H18N4O4S.ClH/c1-23-8-7-16-5-6-17-14(20)13-10-24-15(18-13)11-3-2-4-12(9-11)19(21)22;/h2-4,9-10,16H,5-8H2,1H3,(H,17,20);1H. The summed E-state index contributed by atoms with van der Waals surface area (Å²) in [6, 6.07) is 6.19. The third-order valence-electron chi connectivity index (χ3n) is 3.11. The molecule has 0 fully saturated rings. The molecule has 0 bridgehead atoms. The van der Waals surface area contributed by atoms with Crippen LogP contribution in [0.5, 0.6) is 0 Å². The molecule has 0 radical (unpaired) electrons. The van der Waals surface area contributed by atoms with Crippen LogP contribution in [0.15, 0.2) is 29.6 Å². The van der Waals surface area contributed by atoms with Crippen LogP contribution in [0.4, 0.5) is 5.69 Å². The van der Waals surface area contributed by atoms with Crippen molar-refractivity contribution in [1.29, 1.82) is 0 Å². The molecule has 0 aliphatic heterocycles. The maximum atomic E-state index is 12.0. The van der Waals surface area contributed by atoms with E-state index in [1.165, 1.54) is 23.5 Å². The van der Waals surface area contributed by atoms with Crippen LogP contribution >= 0.6 is 23.7 Å². The number of halogens is 1. The summed E-state index contributed by atoms with van der Waals surface area (Å²) in [6.07, 6.45) is 0. The minimum atomic E-state index is -0.457. The molecular weight excluding hydrogens is 368 g/mol. The molecule has 1 amide bonds. The molecule has 0 atom stereocenters. The monoisotopic (exact) mass is 386 g/mol.